The summed E-state index contributed by atoms with van der Waals surface area (Å²) >= 11 is 3.49. The standard InChI is InChI=1S/C23H45BrO2/c1-3-5-7-8-9-13-16-20-23(25)26-22(18-6-4-2)19-15-12-10-11-14-17-21-24/h22H,3-21H2,1-2H3. The second kappa shape index (κ2) is 21.3. The number of carbonyl (C=O) groups is 1. The smallest absolute Gasteiger partial charge is 0.306 e. The third kappa shape index (κ3) is 18.7. The van der Waals surface area contributed by atoms with Crippen LogP contribution in [-0.4, -0.2) is 17.4 Å². The molecule has 0 spiro atoms. The van der Waals surface area contributed by atoms with E-state index < -0.39 is 0 Å². The van der Waals surface area contributed by atoms with Gasteiger partial charge in [-0.15, -0.1) is 0 Å². The van der Waals surface area contributed by atoms with Gasteiger partial charge in [-0.05, 0) is 32.1 Å². The van der Waals surface area contributed by atoms with Crippen LogP contribution in [0.1, 0.15) is 129 Å². The van der Waals surface area contributed by atoms with E-state index in [1.54, 1.807) is 0 Å². The Morgan fingerprint density at radius 3 is 1.81 bits per heavy atom. The Morgan fingerprint density at radius 1 is 0.692 bits per heavy atom. The molecule has 0 heterocycles. The maximum atomic E-state index is 12.1. The van der Waals surface area contributed by atoms with Crippen molar-refractivity contribution in [2.75, 3.05) is 5.33 Å². The molecule has 1 atom stereocenters. The topological polar surface area (TPSA) is 26.3 Å². The highest BCUT2D eigenvalue weighted by atomic mass is 79.9. The van der Waals surface area contributed by atoms with Crippen molar-refractivity contribution in [1.82, 2.24) is 0 Å². The normalized spacial score (nSPS) is 12.3. The van der Waals surface area contributed by atoms with E-state index in [0.717, 1.165) is 24.6 Å². The molecule has 0 aliphatic heterocycles. The zero-order valence-corrected chi connectivity index (χ0v) is 19.3. The first-order valence-corrected chi connectivity index (χ1v) is 12.6. The number of rotatable bonds is 20. The van der Waals surface area contributed by atoms with Gasteiger partial charge in [-0.1, -0.05) is 107 Å². The number of ether oxygens (including phenoxy) is 1. The highest BCUT2D eigenvalue weighted by Gasteiger charge is 2.13. The van der Waals surface area contributed by atoms with Crippen LogP contribution in [-0.2, 0) is 9.53 Å². The average molecular weight is 434 g/mol. The summed E-state index contributed by atoms with van der Waals surface area (Å²) < 4.78 is 5.80. The van der Waals surface area contributed by atoms with Crippen LogP contribution >= 0.6 is 15.9 Å². The largest absolute Gasteiger partial charge is 0.462 e. The molecule has 3 heteroatoms. The molecule has 0 aliphatic carbocycles. The van der Waals surface area contributed by atoms with Gasteiger partial charge in [0.2, 0.25) is 0 Å². The zero-order chi connectivity index (χ0) is 19.3. The monoisotopic (exact) mass is 432 g/mol. The molecule has 0 fully saturated rings. The number of esters is 1. The van der Waals surface area contributed by atoms with Crippen molar-refractivity contribution in [1.29, 1.82) is 0 Å². The number of carbonyl (C=O) groups excluding carboxylic acids is 1. The lowest BCUT2D eigenvalue weighted by atomic mass is 10.0. The van der Waals surface area contributed by atoms with E-state index in [-0.39, 0.29) is 12.1 Å². The Hall–Kier alpha value is -0.0500. The first kappa shape index (κ1) is 26.0. The van der Waals surface area contributed by atoms with Gasteiger partial charge in [-0.25, -0.2) is 0 Å². The second-order valence-corrected chi connectivity index (χ2v) is 8.52. The molecule has 0 saturated heterocycles. The molecule has 0 bridgehead atoms. The Balaban J connectivity index is 3.77. The van der Waals surface area contributed by atoms with Gasteiger partial charge in [-0.2, -0.15) is 0 Å². The van der Waals surface area contributed by atoms with Crippen LogP contribution < -0.4 is 0 Å². The predicted octanol–water partition coefficient (Wildman–Crippen LogP) is 8.35. The lowest BCUT2D eigenvalue weighted by Crippen LogP contribution is -2.18. The molecule has 0 saturated carbocycles. The molecule has 26 heavy (non-hydrogen) atoms. The maximum absolute atomic E-state index is 12.1. The molecule has 0 aromatic rings. The van der Waals surface area contributed by atoms with Crippen LogP contribution in [0.5, 0.6) is 0 Å². The Labute approximate surface area is 172 Å². The number of halogens is 1. The summed E-state index contributed by atoms with van der Waals surface area (Å²) in [5.74, 6) is 0.0389. The third-order valence-corrected chi connectivity index (χ3v) is 5.63. The molecule has 0 amide bonds. The molecular formula is C23H45BrO2. The zero-order valence-electron chi connectivity index (χ0n) is 17.7. The minimum Gasteiger partial charge on any atom is -0.462 e. The molecule has 0 aromatic carbocycles. The minimum atomic E-state index is 0.0389. The molecule has 0 rings (SSSR count). The van der Waals surface area contributed by atoms with Gasteiger partial charge in [0.25, 0.3) is 0 Å². The molecule has 0 radical (unpaired) electrons. The van der Waals surface area contributed by atoms with E-state index in [1.165, 1.54) is 89.9 Å². The fourth-order valence-corrected chi connectivity index (χ4v) is 3.74. The van der Waals surface area contributed by atoms with Gasteiger partial charge in [-0.3, -0.25) is 4.79 Å². The predicted molar refractivity (Wildman–Crippen MR) is 118 cm³/mol. The van der Waals surface area contributed by atoms with Crippen molar-refractivity contribution in [3.63, 3.8) is 0 Å². The van der Waals surface area contributed by atoms with E-state index >= 15 is 0 Å². The number of alkyl halides is 1. The fourth-order valence-electron chi connectivity index (χ4n) is 3.34. The van der Waals surface area contributed by atoms with Crippen molar-refractivity contribution in [2.24, 2.45) is 0 Å². The van der Waals surface area contributed by atoms with Crippen LogP contribution in [0.3, 0.4) is 0 Å². The fraction of sp³-hybridized carbons (Fsp3) is 0.957. The Morgan fingerprint density at radius 2 is 1.19 bits per heavy atom. The van der Waals surface area contributed by atoms with Crippen molar-refractivity contribution in [3.05, 3.63) is 0 Å². The average Bonchev–Trinajstić information content (AvgIpc) is 2.64. The summed E-state index contributed by atoms with van der Waals surface area (Å²) in [7, 11) is 0. The summed E-state index contributed by atoms with van der Waals surface area (Å²) in [5.41, 5.74) is 0. The van der Waals surface area contributed by atoms with Gasteiger partial charge in [0, 0.05) is 11.8 Å². The van der Waals surface area contributed by atoms with Crippen molar-refractivity contribution >= 4 is 21.9 Å². The molecule has 1 unspecified atom stereocenters. The van der Waals surface area contributed by atoms with E-state index in [1.807, 2.05) is 0 Å². The molecular weight excluding hydrogens is 388 g/mol. The van der Waals surface area contributed by atoms with Gasteiger partial charge in [0.15, 0.2) is 0 Å². The van der Waals surface area contributed by atoms with E-state index in [9.17, 15) is 4.79 Å². The van der Waals surface area contributed by atoms with Gasteiger partial charge >= 0.3 is 5.97 Å². The quantitative estimate of drug-likeness (QED) is 0.110. The van der Waals surface area contributed by atoms with Crippen LogP contribution in [0.2, 0.25) is 0 Å². The second-order valence-electron chi connectivity index (χ2n) is 7.72. The molecule has 156 valence electrons. The van der Waals surface area contributed by atoms with Crippen LogP contribution in [0.15, 0.2) is 0 Å². The highest BCUT2D eigenvalue weighted by molar-refractivity contribution is 9.09. The summed E-state index contributed by atoms with van der Waals surface area (Å²) in [5, 5.41) is 1.13. The van der Waals surface area contributed by atoms with Crippen molar-refractivity contribution in [3.8, 4) is 0 Å². The summed E-state index contributed by atoms with van der Waals surface area (Å²) in [6, 6.07) is 0. The summed E-state index contributed by atoms with van der Waals surface area (Å²) in [4.78, 5) is 12.1. The molecule has 0 aromatic heterocycles. The minimum absolute atomic E-state index is 0.0389. The van der Waals surface area contributed by atoms with Crippen LogP contribution in [0, 0.1) is 0 Å². The lowest BCUT2D eigenvalue weighted by molar-refractivity contribution is -0.150. The lowest BCUT2D eigenvalue weighted by Gasteiger charge is -2.18. The Bertz CT molecular complexity index is 294. The van der Waals surface area contributed by atoms with E-state index in [4.69, 9.17) is 4.74 Å². The maximum Gasteiger partial charge on any atom is 0.306 e. The van der Waals surface area contributed by atoms with Crippen LogP contribution in [0.25, 0.3) is 0 Å². The summed E-state index contributed by atoms with van der Waals surface area (Å²) in [6.07, 6.45) is 21.7. The molecule has 0 N–H and O–H groups in total. The molecule has 2 nitrogen and oxygen atoms in total. The van der Waals surface area contributed by atoms with Crippen molar-refractivity contribution in [2.45, 2.75) is 136 Å². The van der Waals surface area contributed by atoms with E-state index in [0.29, 0.717) is 6.42 Å². The summed E-state index contributed by atoms with van der Waals surface area (Å²) in [6.45, 7) is 4.46. The third-order valence-electron chi connectivity index (χ3n) is 5.07. The van der Waals surface area contributed by atoms with Crippen LogP contribution in [0.4, 0.5) is 0 Å². The highest BCUT2D eigenvalue weighted by Crippen LogP contribution is 2.17. The van der Waals surface area contributed by atoms with Gasteiger partial charge < -0.3 is 4.74 Å². The van der Waals surface area contributed by atoms with Crippen molar-refractivity contribution < 1.29 is 9.53 Å². The SMILES string of the molecule is CCCCCCCCCC(=O)OC(CCCC)CCCCCCCCBr. The van der Waals surface area contributed by atoms with E-state index in [2.05, 4.69) is 29.8 Å². The van der Waals surface area contributed by atoms with Gasteiger partial charge in [0.05, 0.1) is 0 Å². The molecule has 0 aliphatic rings. The number of hydrogen-bond donors (Lipinski definition) is 0. The number of unbranched alkanes of at least 4 members (excludes halogenated alkanes) is 12. The first-order chi connectivity index (χ1) is 12.7. The number of hydrogen-bond acceptors (Lipinski definition) is 2. The first-order valence-electron chi connectivity index (χ1n) is 11.5. The van der Waals surface area contributed by atoms with Gasteiger partial charge in [0.1, 0.15) is 6.10 Å². The Kier molecular flexibility index (Phi) is 21.2.